The van der Waals surface area contributed by atoms with E-state index in [1.165, 1.54) is 6.07 Å². The molecule has 1 aromatic heterocycles. The van der Waals surface area contributed by atoms with Gasteiger partial charge in [-0.15, -0.1) is 0 Å². The number of ether oxygens (including phenoxy) is 1. The number of pyridine rings is 1. The van der Waals surface area contributed by atoms with Crippen LogP contribution in [0.25, 0.3) is 0 Å². The van der Waals surface area contributed by atoms with Gasteiger partial charge < -0.3 is 28.7 Å². The first-order valence-corrected chi connectivity index (χ1v) is 8.76. The van der Waals surface area contributed by atoms with Crippen LogP contribution in [-0.2, 0) is 23.1 Å². The van der Waals surface area contributed by atoms with Crippen molar-refractivity contribution >= 4 is 10.1 Å². The standard InChI is InChI=1S/C16H18FNO4S.HI/c1-13-2-3-16(15(17)12-13)22-10-9-18-7-4-14(5-8-18)6-11-23(19,20)21;/h2-5,7-8,12H,6,9-11H2,1H3;1H. The van der Waals surface area contributed by atoms with Crippen LogP contribution in [0, 0.1) is 12.7 Å². The van der Waals surface area contributed by atoms with E-state index in [1.807, 2.05) is 11.5 Å². The second-order valence-electron chi connectivity index (χ2n) is 5.26. The third-order valence-electron chi connectivity index (χ3n) is 3.30. The molecule has 1 N–H and O–H groups in total. The maximum absolute atomic E-state index is 13.6. The fourth-order valence-corrected chi connectivity index (χ4v) is 2.53. The predicted octanol–water partition coefficient (Wildman–Crippen LogP) is -1.07. The van der Waals surface area contributed by atoms with Crippen molar-refractivity contribution in [2.75, 3.05) is 12.4 Å². The molecule has 8 heteroatoms. The molecule has 0 amide bonds. The Labute approximate surface area is 158 Å². The molecule has 0 atom stereocenters. The van der Waals surface area contributed by atoms with Crippen LogP contribution in [0.3, 0.4) is 0 Å². The lowest BCUT2D eigenvalue weighted by molar-refractivity contribution is -0.697. The van der Waals surface area contributed by atoms with Crippen LogP contribution in [0.15, 0.2) is 42.7 Å². The van der Waals surface area contributed by atoms with Crippen LogP contribution in [-0.4, -0.2) is 25.3 Å². The van der Waals surface area contributed by atoms with E-state index in [1.54, 1.807) is 36.7 Å². The molecule has 0 fully saturated rings. The quantitative estimate of drug-likeness (QED) is 0.320. The lowest BCUT2D eigenvalue weighted by atomic mass is 10.2. The van der Waals surface area contributed by atoms with Gasteiger partial charge in [-0.05, 0) is 36.6 Å². The monoisotopic (exact) mass is 467 g/mol. The summed E-state index contributed by atoms with van der Waals surface area (Å²) in [6.45, 7) is 2.66. The molecule has 0 aliphatic rings. The second kappa shape index (κ2) is 9.28. The number of hydrogen-bond acceptors (Lipinski definition) is 3. The SMILES string of the molecule is Cc1ccc(OCC[n+]2ccc(CCS(=O)(=O)O)cc2)c(F)c1.[I-]. The van der Waals surface area contributed by atoms with Crippen molar-refractivity contribution in [3.63, 3.8) is 0 Å². The van der Waals surface area contributed by atoms with E-state index in [9.17, 15) is 12.8 Å². The molecular formula is C16H19FINO4S. The van der Waals surface area contributed by atoms with Crippen molar-refractivity contribution < 1.29 is 50.6 Å². The number of halogens is 2. The number of rotatable bonds is 7. The van der Waals surface area contributed by atoms with Crippen molar-refractivity contribution in [3.8, 4) is 5.75 Å². The minimum Gasteiger partial charge on any atom is -1.00 e. The highest BCUT2D eigenvalue weighted by Crippen LogP contribution is 2.17. The van der Waals surface area contributed by atoms with E-state index in [4.69, 9.17) is 9.29 Å². The Morgan fingerprint density at radius 3 is 2.46 bits per heavy atom. The Morgan fingerprint density at radius 2 is 1.88 bits per heavy atom. The Bertz CT molecular complexity index is 766. The summed E-state index contributed by atoms with van der Waals surface area (Å²) in [7, 11) is -3.95. The largest absolute Gasteiger partial charge is 1.00 e. The van der Waals surface area contributed by atoms with Crippen LogP contribution >= 0.6 is 0 Å². The molecule has 1 aromatic carbocycles. The van der Waals surface area contributed by atoms with Gasteiger partial charge in [0.15, 0.2) is 30.5 Å². The summed E-state index contributed by atoms with van der Waals surface area (Å²) >= 11 is 0. The molecule has 24 heavy (non-hydrogen) atoms. The topological polar surface area (TPSA) is 67.5 Å². The fraction of sp³-hybridized carbons (Fsp3) is 0.312. The average molecular weight is 467 g/mol. The molecule has 132 valence electrons. The molecule has 0 aliphatic carbocycles. The summed E-state index contributed by atoms with van der Waals surface area (Å²) in [5, 5.41) is 0. The van der Waals surface area contributed by atoms with Gasteiger partial charge in [0.05, 0.1) is 5.75 Å². The molecule has 0 aliphatic heterocycles. The van der Waals surface area contributed by atoms with Crippen molar-refractivity contribution in [1.82, 2.24) is 0 Å². The minimum atomic E-state index is -3.95. The normalized spacial score (nSPS) is 11.0. The fourth-order valence-electron chi connectivity index (χ4n) is 2.03. The smallest absolute Gasteiger partial charge is 0.265 e. The first kappa shape index (κ1) is 20.8. The Balaban J connectivity index is 0.00000288. The van der Waals surface area contributed by atoms with Gasteiger partial charge in [-0.2, -0.15) is 8.42 Å². The molecule has 0 unspecified atom stereocenters. The van der Waals surface area contributed by atoms with Crippen molar-refractivity contribution in [1.29, 1.82) is 0 Å². The maximum atomic E-state index is 13.6. The number of aryl methyl sites for hydroxylation is 2. The number of aromatic nitrogens is 1. The average Bonchev–Trinajstić information content (AvgIpc) is 2.48. The predicted molar refractivity (Wildman–Crippen MR) is 83.4 cm³/mol. The summed E-state index contributed by atoms with van der Waals surface area (Å²) < 4.78 is 51.0. The first-order chi connectivity index (χ1) is 10.8. The molecular weight excluding hydrogens is 448 g/mol. The van der Waals surface area contributed by atoms with E-state index in [0.29, 0.717) is 13.2 Å². The van der Waals surface area contributed by atoms with E-state index >= 15 is 0 Å². The summed E-state index contributed by atoms with van der Waals surface area (Å²) in [6.07, 6.45) is 3.83. The molecule has 5 nitrogen and oxygen atoms in total. The zero-order valence-electron chi connectivity index (χ0n) is 13.2. The van der Waals surface area contributed by atoms with E-state index < -0.39 is 10.1 Å². The lowest BCUT2D eigenvalue weighted by Gasteiger charge is -2.06. The highest BCUT2D eigenvalue weighted by molar-refractivity contribution is 7.85. The van der Waals surface area contributed by atoms with Crippen molar-refractivity contribution in [3.05, 3.63) is 59.7 Å². The first-order valence-electron chi connectivity index (χ1n) is 7.15. The summed E-state index contributed by atoms with van der Waals surface area (Å²) in [5.74, 6) is -0.455. The summed E-state index contributed by atoms with van der Waals surface area (Å²) in [4.78, 5) is 0. The maximum Gasteiger partial charge on any atom is 0.265 e. The van der Waals surface area contributed by atoms with Crippen LogP contribution in [0.1, 0.15) is 11.1 Å². The van der Waals surface area contributed by atoms with Crippen LogP contribution in [0.4, 0.5) is 4.39 Å². The molecule has 0 saturated carbocycles. The zero-order valence-corrected chi connectivity index (χ0v) is 16.1. The zero-order chi connectivity index (χ0) is 16.9. The van der Waals surface area contributed by atoms with E-state index in [0.717, 1.165) is 11.1 Å². The highest BCUT2D eigenvalue weighted by Gasteiger charge is 2.08. The number of hydrogen-bond donors (Lipinski definition) is 1. The summed E-state index contributed by atoms with van der Waals surface area (Å²) in [5.41, 5.74) is 1.65. The highest BCUT2D eigenvalue weighted by atomic mass is 127. The van der Waals surface area contributed by atoms with Crippen molar-refractivity contribution in [2.45, 2.75) is 19.9 Å². The Hall–Kier alpha value is -1.26. The van der Waals surface area contributed by atoms with Crippen LogP contribution in [0.2, 0.25) is 0 Å². The van der Waals surface area contributed by atoms with Gasteiger partial charge in [0, 0.05) is 12.1 Å². The molecule has 2 rings (SSSR count). The molecule has 0 saturated heterocycles. The van der Waals surface area contributed by atoms with Gasteiger partial charge in [0.1, 0.15) is 6.61 Å². The van der Waals surface area contributed by atoms with Gasteiger partial charge in [-0.25, -0.2) is 8.96 Å². The second-order valence-corrected chi connectivity index (χ2v) is 6.83. The Kier molecular flexibility index (Phi) is 8.04. The third kappa shape index (κ3) is 7.10. The van der Waals surface area contributed by atoms with Gasteiger partial charge in [-0.1, -0.05) is 6.07 Å². The lowest BCUT2D eigenvalue weighted by Crippen LogP contribution is -3.00. The van der Waals surface area contributed by atoms with Crippen molar-refractivity contribution in [2.24, 2.45) is 0 Å². The third-order valence-corrected chi connectivity index (χ3v) is 4.02. The summed E-state index contributed by atoms with van der Waals surface area (Å²) in [6, 6.07) is 8.37. The van der Waals surface area contributed by atoms with E-state index in [2.05, 4.69) is 0 Å². The van der Waals surface area contributed by atoms with Crippen LogP contribution in [0.5, 0.6) is 5.75 Å². The Morgan fingerprint density at radius 1 is 1.21 bits per heavy atom. The number of nitrogens with zero attached hydrogens (tertiary/aromatic N) is 1. The van der Waals surface area contributed by atoms with Gasteiger partial charge in [-0.3, -0.25) is 4.55 Å². The van der Waals surface area contributed by atoms with Gasteiger partial charge in [0.25, 0.3) is 10.1 Å². The molecule has 0 radical (unpaired) electrons. The molecule has 0 bridgehead atoms. The minimum absolute atomic E-state index is 0. The number of benzene rings is 1. The molecule has 2 aromatic rings. The van der Waals surface area contributed by atoms with Crippen LogP contribution < -0.4 is 33.3 Å². The molecule has 1 heterocycles. The van der Waals surface area contributed by atoms with Gasteiger partial charge in [0.2, 0.25) is 0 Å². The molecule has 0 spiro atoms. The van der Waals surface area contributed by atoms with Gasteiger partial charge >= 0.3 is 0 Å². The van der Waals surface area contributed by atoms with E-state index in [-0.39, 0.29) is 47.7 Å².